The molecule has 0 saturated heterocycles. The van der Waals surface area contributed by atoms with Crippen LogP contribution >= 0.6 is 0 Å². The first kappa shape index (κ1) is 14.5. The smallest absolute Gasteiger partial charge is 0.223 e. The number of hydrogen-bond donors (Lipinski definition) is 2. The average molecular weight is 241 g/mol. The monoisotopic (exact) mass is 241 g/mol. The highest BCUT2D eigenvalue weighted by atomic mass is 16.3. The number of nitrogens with one attached hydrogen (secondary N) is 1. The van der Waals surface area contributed by atoms with Crippen LogP contribution in [-0.2, 0) is 4.79 Å². The van der Waals surface area contributed by atoms with E-state index in [-0.39, 0.29) is 30.4 Å². The molecule has 0 aromatic carbocycles. The molecule has 1 amide bonds. The molecular weight excluding hydrogens is 214 g/mol. The Labute approximate surface area is 105 Å². The fourth-order valence-electron chi connectivity index (χ4n) is 2.36. The summed E-state index contributed by atoms with van der Waals surface area (Å²) in [6, 6.07) is 0.0675. The van der Waals surface area contributed by atoms with Gasteiger partial charge in [0.2, 0.25) is 5.91 Å². The minimum absolute atomic E-state index is 0.0675. The minimum atomic E-state index is 0.0675. The molecule has 1 aliphatic carbocycles. The molecule has 2 atom stereocenters. The molecule has 0 aliphatic heterocycles. The lowest BCUT2D eigenvalue weighted by atomic mass is 9.90. The maximum Gasteiger partial charge on any atom is 0.223 e. The van der Waals surface area contributed by atoms with E-state index < -0.39 is 0 Å². The molecule has 0 radical (unpaired) electrons. The van der Waals surface area contributed by atoms with Crippen molar-refractivity contribution in [2.45, 2.75) is 64.8 Å². The van der Waals surface area contributed by atoms with Gasteiger partial charge in [0.1, 0.15) is 0 Å². The quantitative estimate of drug-likeness (QED) is 0.794. The molecule has 1 saturated carbocycles. The van der Waals surface area contributed by atoms with Crippen LogP contribution in [0.5, 0.6) is 0 Å². The van der Waals surface area contributed by atoms with Crippen molar-refractivity contribution in [3.8, 4) is 0 Å². The Kier molecular flexibility index (Phi) is 6.56. The van der Waals surface area contributed by atoms with Crippen LogP contribution in [0.4, 0.5) is 0 Å². The molecule has 0 aromatic rings. The summed E-state index contributed by atoms with van der Waals surface area (Å²) >= 11 is 0. The van der Waals surface area contributed by atoms with E-state index in [4.69, 9.17) is 5.11 Å². The summed E-state index contributed by atoms with van der Waals surface area (Å²) in [5.41, 5.74) is 0. The summed E-state index contributed by atoms with van der Waals surface area (Å²) in [6.45, 7) is 4.07. The first-order valence-electron chi connectivity index (χ1n) is 7.06. The number of aliphatic hydroxyl groups is 1. The zero-order valence-electron chi connectivity index (χ0n) is 11.2. The van der Waals surface area contributed by atoms with E-state index in [9.17, 15) is 4.79 Å². The van der Waals surface area contributed by atoms with Gasteiger partial charge in [0, 0.05) is 18.6 Å². The van der Waals surface area contributed by atoms with Crippen molar-refractivity contribution in [1.29, 1.82) is 0 Å². The van der Waals surface area contributed by atoms with Gasteiger partial charge in [-0.1, -0.05) is 39.0 Å². The number of amides is 1. The lowest BCUT2D eigenvalue weighted by Gasteiger charge is -2.24. The molecule has 1 fully saturated rings. The normalized spacial score (nSPS) is 22.3. The van der Waals surface area contributed by atoms with Crippen molar-refractivity contribution in [3.05, 3.63) is 0 Å². The van der Waals surface area contributed by atoms with Crippen LogP contribution < -0.4 is 5.32 Å². The van der Waals surface area contributed by atoms with Crippen molar-refractivity contribution < 1.29 is 9.90 Å². The van der Waals surface area contributed by atoms with Gasteiger partial charge >= 0.3 is 0 Å². The Bertz CT molecular complexity index is 222. The van der Waals surface area contributed by atoms with E-state index in [1.807, 2.05) is 13.8 Å². The molecule has 1 aliphatic rings. The third-order valence-electron chi connectivity index (χ3n) is 3.99. The summed E-state index contributed by atoms with van der Waals surface area (Å²) in [6.07, 6.45) is 8.30. The zero-order chi connectivity index (χ0) is 12.7. The average Bonchev–Trinajstić information content (AvgIpc) is 2.27. The highest BCUT2D eigenvalue weighted by Crippen LogP contribution is 2.22. The van der Waals surface area contributed by atoms with Crippen molar-refractivity contribution in [2.24, 2.45) is 11.8 Å². The van der Waals surface area contributed by atoms with Crippen LogP contribution in [-0.4, -0.2) is 23.7 Å². The maximum absolute atomic E-state index is 12.1. The molecule has 0 aromatic heterocycles. The third kappa shape index (κ3) is 5.07. The van der Waals surface area contributed by atoms with Crippen LogP contribution in [0.15, 0.2) is 0 Å². The van der Waals surface area contributed by atoms with E-state index in [0.29, 0.717) is 0 Å². The summed E-state index contributed by atoms with van der Waals surface area (Å²) in [4.78, 5) is 12.1. The molecule has 0 bridgehead atoms. The lowest BCUT2D eigenvalue weighted by Crippen LogP contribution is -2.41. The van der Waals surface area contributed by atoms with Gasteiger partial charge in [0.15, 0.2) is 0 Å². The van der Waals surface area contributed by atoms with Gasteiger partial charge in [-0.15, -0.1) is 0 Å². The van der Waals surface area contributed by atoms with Crippen molar-refractivity contribution in [2.75, 3.05) is 6.61 Å². The van der Waals surface area contributed by atoms with E-state index in [1.165, 1.54) is 32.1 Å². The third-order valence-corrected chi connectivity index (χ3v) is 3.99. The van der Waals surface area contributed by atoms with Gasteiger partial charge in [-0.3, -0.25) is 4.79 Å². The molecule has 3 heteroatoms. The van der Waals surface area contributed by atoms with Gasteiger partial charge in [0.25, 0.3) is 0 Å². The van der Waals surface area contributed by atoms with E-state index in [2.05, 4.69) is 5.32 Å². The van der Waals surface area contributed by atoms with E-state index >= 15 is 0 Å². The highest BCUT2D eigenvalue weighted by molar-refractivity contribution is 5.78. The zero-order valence-corrected chi connectivity index (χ0v) is 11.2. The predicted octanol–water partition coefficient (Wildman–Crippen LogP) is 2.48. The first-order valence-corrected chi connectivity index (χ1v) is 7.06. The second kappa shape index (κ2) is 7.70. The second-order valence-electron chi connectivity index (χ2n) is 5.50. The molecular formula is C14H27NO2. The highest BCUT2D eigenvalue weighted by Gasteiger charge is 2.22. The Morgan fingerprint density at radius 2 is 1.71 bits per heavy atom. The maximum atomic E-state index is 12.1. The molecule has 2 N–H and O–H groups in total. The topological polar surface area (TPSA) is 49.3 Å². The van der Waals surface area contributed by atoms with Crippen molar-refractivity contribution in [3.63, 3.8) is 0 Å². The summed E-state index contributed by atoms with van der Waals surface area (Å²) in [5, 5.41) is 12.1. The molecule has 17 heavy (non-hydrogen) atoms. The van der Waals surface area contributed by atoms with Crippen LogP contribution in [0.25, 0.3) is 0 Å². The van der Waals surface area contributed by atoms with Crippen LogP contribution in [0.1, 0.15) is 58.8 Å². The predicted molar refractivity (Wildman–Crippen MR) is 69.7 cm³/mol. The Morgan fingerprint density at radius 3 is 2.24 bits per heavy atom. The van der Waals surface area contributed by atoms with Crippen LogP contribution in [0, 0.1) is 11.8 Å². The molecule has 1 rings (SSSR count). The van der Waals surface area contributed by atoms with Crippen LogP contribution in [0.2, 0.25) is 0 Å². The van der Waals surface area contributed by atoms with Gasteiger partial charge in [-0.25, -0.2) is 0 Å². The van der Waals surface area contributed by atoms with Gasteiger partial charge < -0.3 is 10.4 Å². The van der Waals surface area contributed by atoms with Gasteiger partial charge in [0.05, 0.1) is 0 Å². The Balaban J connectivity index is 2.38. The summed E-state index contributed by atoms with van der Waals surface area (Å²) < 4.78 is 0. The largest absolute Gasteiger partial charge is 0.396 e. The SMILES string of the molecule is CC(CO)C(C)NC(=O)C1CCCCCCC1. The molecule has 100 valence electrons. The summed E-state index contributed by atoms with van der Waals surface area (Å²) in [7, 11) is 0. The standard InChI is InChI=1S/C14H27NO2/c1-11(10-16)12(2)15-14(17)13-8-6-4-3-5-7-9-13/h11-13,16H,3-10H2,1-2H3,(H,15,17). The van der Waals surface area contributed by atoms with Crippen molar-refractivity contribution in [1.82, 2.24) is 5.32 Å². The first-order chi connectivity index (χ1) is 8.15. The minimum Gasteiger partial charge on any atom is -0.396 e. The number of rotatable bonds is 4. The number of carbonyl (C=O) groups is 1. The summed E-state index contributed by atoms with van der Waals surface area (Å²) in [5.74, 6) is 0.524. The number of carbonyl (C=O) groups excluding carboxylic acids is 1. The fourth-order valence-corrected chi connectivity index (χ4v) is 2.36. The number of hydrogen-bond acceptors (Lipinski definition) is 2. The Morgan fingerprint density at radius 1 is 1.18 bits per heavy atom. The second-order valence-corrected chi connectivity index (χ2v) is 5.50. The molecule has 0 heterocycles. The number of aliphatic hydroxyl groups excluding tert-OH is 1. The van der Waals surface area contributed by atoms with Gasteiger partial charge in [-0.2, -0.15) is 0 Å². The molecule has 3 nitrogen and oxygen atoms in total. The van der Waals surface area contributed by atoms with Gasteiger partial charge in [-0.05, 0) is 25.7 Å². The van der Waals surface area contributed by atoms with E-state index in [0.717, 1.165) is 12.8 Å². The lowest BCUT2D eigenvalue weighted by molar-refractivity contribution is -0.126. The fraction of sp³-hybridized carbons (Fsp3) is 0.929. The van der Waals surface area contributed by atoms with Crippen molar-refractivity contribution >= 4 is 5.91 Å². The van der Waals surface area contributed by atoms with Crippen LogP contribution in [0.3, 0.4) is 0 Å². The van der Waals surface area contributed by atoms with E-state index in [1.54, 1.807) is 0 Å². The Hall–Kier alpha value is -0.570. The molecule has 2 unspecified atom stereocenters. The molecule has 0 spiro atoms.